The molecule has 0 aliphatic rings. The Kier molecular flexibility index (Phi) is 3.48. The molecule has 0 aliphatic carbocycles. The fraction of sp³-hybridized carbons (Fsp3) is 0.250. The number of aryl methyl sites for hydroxylation is 2. The number of rotatable bonds is 4. The summed E-state index contributed by atoms with van der Waals surface area (Å²) in [6.07, 6.45) is 1.80. The lowest BCUT2D eigenvalue weighted by atomic mass is 10.2. The quantitative estimate of drug-likeness (QED) is 0.799. The van der Waals surface area contributed by atoms with Gasteiger partial charge in [0.25, 0.3) is 0 Å². The first-order chi connectivity index (χ1) is 10.2. The van der Waals surface area contributed by atoms with Crippen LogP contribution in [0.5, 0.6) is 5.75 Å². The van der Waals surface area contributed by atoms with Crippen molar-refractivity contribution in [2.45, 2.75) is 20.4 Å². The van der Waals surface area contributed by atoms with Crippen LogP contribution in [-0.4, -0.2) is 21.1 Å². The molecule has 2 N–H and O–H groups in total. The third-order valence-electron chi connectivity index (χ3n) is 3.61. The summed E-state index contributed by atoms with van der Waals surface area (Å²) >= 11 is 0. The molecule has 0 bridgehead atoms. The number of benzene rings is 1. The van der Waals surface area contributed by atoms with E-state index in [0.717, 1.165) is 34.6 Å². The van der Waals surface area contributed by atoms with Crippen LogP contribution < -0.4 is 10.5 Å². The second kappa shape index (κ2) is 5.44. The van der Waals surface area contributed by atoms with E-state index in [1.165, 1.54) is 0 Å². The molecule has 2 aromatic heterocycles. The van der Waals surface area contributed by atoms with Crippen LogP contribution in [0.15, 0.2) is 36.7 Å². The minimum Gasteiger partial charge on any atom is -0.492 e. The van der Waals surface area contributed by atoms with Crippen LogP contribution in [0.1, 0.15) is 11.3 Å². The summed E-state index contributed by atoms with van der Waals surface area (Å²) in [4.78, 5) is 8.68. The maximum absolute atomic E-state index is 5.94. The molecular formula is C16H18N4O. The van der Waals surface area contributed by atoms with Gasteiger partial charge in [-0.2, -0.15) is 0 Å². The minimum atomic E-state index is 0.482. The predicted molar refractivity (Wildman–Crippen MR) is 83.4 cm³/mol. The maximum atomic E-state index is 5.94. The predicted octanol–water partition coefficient (Wildman–Crippen LogP) is 2.71. The highest BCUT2D eigenvalue weighted by Gasteiger charge is 2.12. The van der Waals surface area contributed by atoms with Crippen molar-refractivity contribution >= 4 is 16.9 Å². The molecule has 0 atom stereocenters. The molecule has 3 rings (SSSR count). The Balaban J connectivity index is 1.82. The zero-order valence-electron chi connectivity index (χ0n) is 12.2. The second-order valence-corrected chi connectivity index (χ2v) is 5.00. The Morgan fingerprint density at radius 1 is 1.19 bits per heavy atom. The van der Waals surface area contributed by atoms with Crippen LogP contribution in [-0.2, 0) is 6.54 Å². The Hall–Kier alpha value is -2.56. The van der Waals surface area contributed by atoms with Crippen LogP contribution >= 0.6 is 0 Å². The molecule has 0 aliphatic heterocycles. The number of para-hydroxylation sites is 1. The van der Waals surface area contributed by atoms with E-state index in [9.17, 15) is 0 Å². The fourth-order valence-corrected chi connectivity index (χ4v) is 2.40. The number of nitrogen functional groups attached to an aromatic ring is 1. The van der Waals surface area contributed by atoms with Gasteiger partial charge in [-0.3, -0.25) is 0 Å². The summed E-state index contributed by atoms with van der Waals surface area (Å²) in [5.74, 6) is 1.35. The third-order valence-corrected chi connectivity index (χ3v) is 3.61. The van der Waals surface area contributed by atoms with Gasteiger partial charge in [0, 0.05) is 5.69 Å². The maximum Gasteiger partial charge on any atom is 0.151 e. The lowest BCUT2D eigenvalue weighted by molar-refractivity contribution is 0.300. The Bertz CT molecular complexity index is 765. The summed E-state index contributed by atoms with van der Waals surface area (Å²) in [6, 6.07) is 9.79. The summed E-state index contributed by atoms with van der Waals surface area (Å²) in [7, 11) is 0. The summed E-state index contributed by atoms with van der Waals surface area (Å²) in [5.41, 5.74) is 9.78. The zero-order chi connectivity index (χ0) is 14.8. The van der Waals surface area contributed by atoms with Gasteiger partial charge in [-0.1, -0.05) is 18.2 Å². The first kappa shape index (κ1) is 13.4. The van der Waals surface area contributed by atoms with E-state index in [1.54, 1.807) is 6.33 Å². The molecule has 0 amide bonds. The smallest absolute Gasteiger partial charge is 0.151 e. The molecule has 1 aromatic carbocycles. The van der Waals surface area contributed by atoms with Crippen molar-refractivity contribution in [3.63, 3.8) is 0 Å². The molecule has 108 valence electrons. The molecule has 0 saturated carbocycles. The van der Waals surface area contributed by atoms with E-state index in [4.69, 9.17) is 10.5 Å². The van der Waals surface area contributed by atoms with Gasteiger partial charge in [-0.05, 0) is 31.5 Å². The van der Waals surface area contributed by atoms with Crippen LogP contribution in [0, 0.1) is 13.8 Å². The van der Waals surface area contributed by atoms with Gasteiger partial charge < -0.3 is 15.0 Å². The number of hydrogen-bond acceptors (Lipinski definition) is 4. The van der Waals surface area contributed by atoms with Gasteiger partial charge in [0.15, 0.2) is 5.82 Å². The van der Waals surface area contributed by atoms with E-state index >= 15 is 0 Å². The summed E-state index contributed by atoms with van der Waals surface area (Å²) < 4.78 is 7.80. The number of nitrogens with two attached hydrogens (primary N) is 1. The molecule has 2 heterocycles. The van der Waals surface area contributed by atoms with Crippen molar-refractivity contribution in [2.75, 3.05) is 12.3 Å². The van der Waals surface area contributed by atoms with E-state index in [1.807, 2.05) is 44.2 Å². The van der Waals surface area contributed by atoms with Crippen molar-refractivity contribution in [3.05, 3.63) is 47.9 Å². The third kappa shape index (κ3) is 2.54. The van der Waals surface area contributed by atoms with Crippen molar-refractivity contribution < 1.29 is 4.74 Å². The first-order valence-corrected chi connectivity index (χ1v) is 6.92. The highest BCUT2D eigenvalue weighted by Crippen LogP contribution is 2.23. The SMILES string of the molecule is Cc1nc(N)c2ncn(CCOc3ccccc3)c2c1C. The molecule has 0 unspecified atom stereocenters. The lowest BCUT2D eigenvalue weighted by Crippen LogP contribution is -2.08. The molecule has 21 heavy (non-hydrogen) atoms. The average molecular weight is 282 g/mol. The zero-order valence-corrected chi connectivity index (χ0v) is 12.2. The second-order valence-electron chi connectivity index (χ2n) is 5.00. The number of pyridine rings is 1. The van der Waals surface area contributed by atoms with Crippen LogP contribution in [0.2, 0.25) is 0 Å². The summed E-state index contributed by atoms with van der Waals surface area (Å²) in [6.45, 7) is 5.30. The van der Waals surface area contributed by atoms with Gasteiger partial charge in [0.05, 0.1) is 18.4 Å². The fourth-order valence-electron chi connectivity index (χ4n) is 2.40. The lowest BCUT2D eigenvalue weighted by Gasteiger charge is -2.10. The highest BCUT2D eigenvalue weighted by atomic mass is 16.5. The molecular weight excluding hydrogens is 264 g/mol. The molecule has 0 fully saturated rings. The topological polar surface area (TPSA) is 66.0 Å². The van der Waals surface area contributed by atoms with Gasteiger partial charge >= 0.3 is 0 Å². The minimum absolute atomic E-state index is 0.482. The van der Waals surface area contributed by atoms with E-state index in [0.29, 0.717) is 12.4 Å². The number of aromatic nitrogens is 3. The van der Waals surface area contributed by atoms with Crippen LogP contribution in [0.4, 0.5) is 5.82 Å². The first-order valence-electron chi connectivity index (χ1n) is 6.92. The Morgan fingerprint density at radius 2 is 1.95 bits per heavy atom. The molecule has 0 saturated heterocycles. The normalized spacial score (nSPS) is 11.0. The van der Waals surface area contributed by atoms with E-state index < -0.39 is 0 Å². The molecule has 3 aromatic rings. The van der Waals surface area contributed by atoms with Crippen molar-refractivity contribution in [2.24, 2.45) is 0 Å². The van der Waals surface area contributed by atoms with Crippen LogP contribution in [0.25, 0.3) is 11.0 Å². The van der Waals surface area contributed by atoms with Gasteiger partial charge in [0.1, 0.15) is 17.9 Å². The van der Waals surface area contributed by atoms with E-state index in [-0.39, 0.29) is 0 Å². The Morgan fingerprint density at radius 3 is 2.71 bits per heavy atom. The Labute approximate surface area is 123 Å². The number of hydrogen-bond donors (Lipinski definition) is 1. The number of anilines is 1. The molecule has 0 spiro atoms. The number of imidazole rings is 1. The molecule has 5 nitrogen and oxygen atoms in total. The number of nitrogens with zero attached hydrogens (tertiary/aromatic N) is 3. The van der Waals surface area contributed by atoms with Crippen molar-refractivity contribution in [3.8, 4) is 5.75 Å². The van der Waals surface area contributed by atoms with Gasteiger partial charge in [-0.25, -0.2) is 9.97 Å². The standard InChI is InChI=1S/C16H18N4O/c1-11-12(2)19-16(17)14-15(11)20(10-18-14)8-9-21-13-6-4-3-5-7-13/h3-7,10H,8-9H2,1-2H3,(H2,17,19). The van der Waals surface area contributed by atoms with Gasteiger partial charge in [0.2, 0.25) is 0 Å². The number of ether oxygens (including phenoxy) is 1. The average Bonchev–Trinajstić information content (AvgIpc) is 2.91. The number of fused-ring (bicyclic) bond motifs is 1. The molecule has 0 radical (unpaired) electrons. The van der Waals surface area contributed by atoms with Crippen molar-refractivity contribution in [1.82, 2.24) is 14.5 Å². The van der Waals surface area contributed by atoms with Crippen LogP contribution in [0.3, 0.4) is 0 Å². The molecule has 5 heteroatoms. The summed E-state index contributed by atoms with van der Waals surface area (Å²) in [5, 5.41) is 0. The van der Waals surface area contributed by atoms with E-state index in [2.05, 4.69) is 14.5 Å². The largest absolute Gasteiger partial charge is 0.492 e. The van der Waals surface area contributed by atoms with Crippen molar-refractivity contribution in [1.29, 1.82) is 0 Å². The monoisotopic (exact) mass is 282 g/mol. The highest BCUT2D eigenvalue weighted by molar-refractivity contribution is 5.88. The van der Waals surface area contributed by atoms with Gasteiger partial charge in [-0.15, -0.1) is 0 Å².